The summed E-state index contributed by atoms with van der Waals surface area (Å²) in [4.78, 5) is 31.5. The molecule has 0 bridgehead atoms. The first-order valence-electron chi connectivity index (χ1n) is 11.5. The zero-order chi connectivity index (χ0) is 23.6. The summed E-state index contributed by atoms with van der Waals surface area (Å²) >= 11 is 0. The number of ketones is 1. The molecule has 0 aromatic heterocycles. The van der Waals surface area contributed by atoms with E-state index < -0.39 is 5.54 Å². The van der Waals surface area contributed by atoms with Gasteiger partial charge >= 0.3 is 5.97 Å². The summed E-state index contributed by atoms with van der Waals surface area (Å²) in [5.41, 5.74) is 1.39. The first kappa shape index (κ1) is 25.9. The minimum Gasteiger partial charge on any atom is -0.498 e. The average molecular weight is 446 g/mol. The molecule has 1 heterocycles. The quantitative estimate of drug-likeness (QED) is 0.212. The second-order valence-electron chi connectivity index (χ2n) is 8.54. The Hall–Kier alpha value is -2.38. The van der Waals surface area contributed by atoms with Gasteiger partial charge in [0, 0.05) is 44.0 Å². The minimum atomic E-state index is -0.492. The zero-order valence-corrected chi connectivity index (χ0v) is 20.3. The number of piperazine rings is 1. The molecule has 178 valence electrons. The van der Waals surface area contributed by atoms with Crippen LogP contribution in [0.5, 0.6) is 0 Å². The number of anilines is 1. The van der Waals surface area contributed by atoms with Crippen molar-refractivity contribution in [1.82, 2.24) is 9.80 Å². The third kappa shape index (κ3) is 7.07. The molecule has 1 aliphatic rings. The molecule has 0 radical (unpaired) electrons. The smallest absolute Gasteiger partial charge is 0.307 e. The van der Waals surface area contributed by atoms with Gasteiger partial charge in [0.25, 0.3) is 0 Å². The standard InChI is InChI=1S/C25H39N3O4/c1-6-18-31-19-20-32-23(29)12-13-27-14-16-28(17-15-27)22-10-8-21(9-11-22)24(30)25(3,7-2)26(4)5/h6,8-11,18H,7,12-17,19-20H2,1-5H3/b18-6-. The first-order chi connectivity index (χ1) is 15.3. The van der Waals surface area contributed by atoms with Crippen LogP contribution in [0.3, 0.4) is 0 Å². The molecule has 0 N–H and O–H groups in total. The SMILES string of the molecule is C/C=C\OCCOC(=O)CCN1CCN(c2ccc(C(=O)C(C)(CC)N(C)C)cc2)CC1. The molecule has 0 saturated carbocycles. The largest absolute Gasteiger partial charge is 0.498 e. The normalized spacial score (nSPS) is 16.9. The molecule has 1 fully saturated rings. The van der Waals surface area contributed by atoms with Gasteiger partial charge in [0.2, 0.25) is 0 Å². The molecule has 1 atom stereocenters. The number of carbonyl (C=O) groups excluding carboxylic acids is 2. The Labute approximate surface area is 192 Å². The molecule has 1 saturated heterocycles. The summed E-state index contributed by atoms with van der Waals surface area (Å²) in [6.07, 6.45) is 4.54. The van der Waals surface area contributed by atoms with Gasteiger partial charge in [-0.1, -0.05) is 13.0 Å². The van der Waals surface area contributed by atoms with Crippen LogP contribution in [0.15, 0.2) is 36.6 Å². The third-order valence-electron chi connectivity index (χ3n) is 6.36. The van der Waals surface area contributed by atoms with E-state index in [1.54, 1.807) is 12.3 Å². The highest BCUT2D eigenvalue weighted by Gasteiger charge is 2.34. The number of esters is 1. The fourth-order valence-corrected chi connectivity index (χ4v) is 3.73. The summed E-state index contributed by atoms with van der Waals surface area (Å²) in [6, 6.07) is 7.97. The van der Waals surface area contributed by atoms with E-state index in [0.717, 1.165) is 43.9 Å². The van der Waals surface area contributed by atoms with Crippen molar-refractivity contribution in [2.45, 2.75) is 39.2 Å². The van der Waals surface area contributed by atoms with E-state index in [9.17, 15) is 9.59 Å². The highest BCUT2D eigenvalue weighted by Crippen LogP contribution is 2.24. The van der Waals surface area contributed by atoms with Crippen LogP contribution in [0.25, 0.3) is 0 Å². The molecular formula is C25H39N3O4. The summed E-state index contributed by atoms with van der Waals surface area (Å²) < 4.78 is 10.3. The van der Waals surface area contributed by atoms with Crippen molar-refractivity contribution >= 4 is 17.4 Å². The van der Waals surface area contributed by atoms with E-state index >= 15 is 0 Å². The van der Waals surface area contributed by atoms with Crippen LogP contribution in [-0.2, 0) is 14.3 Å². The van der Waals surface area contributed by atoms with Gasteiger partial charge in [-0.2, -0.15) is 0 Å². The Morgan fingerprint density at radius 3 is 2.31 bits per heavy atom. The Bertz CT molecular complexity index is 755. The Morgan fingerprint density at radius 1 is 1.09 bits per heavy atom. The van der Waals surface area contributed by atoms with Gasteiger partial charge in [0.1, 0.15) is 13.2 Å². The minimum absolute atomic E-state index is 0.154. The number of nitrogens with zero attached hydrogens (tertiary/aromatic N) is 3. The summed E-state index contributed by atoms with van der Waals surface area (Å²) in [7, 11) is 3.91. The lowest BCUT2D eigenvalue weighted by Gasteiger charge is -2.36. The van der Waals surface area contributed by atoms with Gasteiger partial charge in [-0.15, -0.1) is 0 Å². The number of hydrogen-bond acceptors (Lipinski definition) is 7. The molecule has 7 heteroatoms. The van der Waals surface area contributed by atoms with Crippen LogP contribution >= 0.6 is 0 Å². The number of carbonyl (C=O) groups is 2. The van der Waals surface area contributed by atoms with Gasteiger partial charge in [0.15, 0.2) is 5.78 Å². The van der Waals surface area contributed by atoms with Crippen LogP contribution in [0.2, 0.25) is 0 Å². The van der Waals surface area contributed by atoms with Gasteiger partial charge in [0.05, 0.1) is 18.2 Å². The number of ether oxygens (including phenoxy) is 2. The lowest BCUT2D eigenvalue weighted by molar-refractivity contribution is -0.145. The van der Waals surface area contributed by atoms with Crippen LogP contribution < -0.4 is 4.90 Å². The molecule has 1 aromatic rings. The highest BCUT2D eigenvalue weighted by atomic mass is 16.6. The van der Waals surface area contributed by atoms with Gasteiger partial charge in [-0.3, -0.25) is 19.4 Å². The molecule has 0 amide bonds. The van der Waals surface area contributed by atoms with E-state index in [1.807, 2.05) is 64.0 Å². The Balaban J connectivity index is 1.77. The number of rotatable bonds is 12. The fourth-order valence-electron chi connectivity index (χ4n) is 3.73. The molecule has 1 aliphatic heterocycles. The first-order valence-corrected chi connectivity index (χ1v) is 11.5. The third-order valence-corrected chi connectivity index (χ3v) is 6.36. The number of Topliss-reactive ketones (excluding diaryl/α,β-unsaturated/α-hetero) is 1. The van der Waals surface area contributed by atoms with Crippen molar-refractivity contribution in [3.05, 3.63) is 42.2 Å². The predicted octanol–water partition coefficient (Wildman–Crippen LogP) is 3.21. The Kier molecular flexibility index (Phi) is 10.2. The number of likely N-dealkylation sites (N-methyl/N-ethyl adjacent to an activating group) is 1. The molecule has 1 aromatic carbocycles. The second-order valence-corrected chi connectivity index (χ2v) is 8.54. The van der Waals surface area contributed by atoms with E-state index in [-0.39, 0.29) is 18.4 Å². The van der Waals surface area contributed by atoms with Crippen molar-refractivity contribution in [1.29, 1.82) is 0 Å². The average Bonchev–Trinajstić information content (AvgIpc) is 2.82. The van der Waals surface area contributed by atoms with Crippen LogP contribution in [0.1, 0.15) is 44.0 Å². The van der Waals surface area contributed by atoms with Crippen LogP contribution in [0.4, 0.5) is 5.69 Å². The van der Waals surface area contributed by atoms with Crippen molar-refractivity contribution < 1.29 is 19.1 Å². The van der Waals surface area contributed by atoms with E-state index in [4.69, 9.17) is 9.47 Å². The fraction of sp³-hybridized carbons (Fsp3) is 0.600. The van der Waals surface area contributed by atoms with Gasteiger partial charge in [-0.05, 0) is 58.6 Å². The molecule has 0 spiro atoms. The molecular weight excluding hydrogens is 406 g/mol. The van der Waals surface area contributed by atoms with Crippen molar-refractivity contribution in [3.8, 4) is 0 Å². The monoisotopic (exact) mass is 445 g/mol. The number of allylic oxidation sites excluding steroid dienone is 1. The number of hydrogen-bond donors (Lipinski definition) is 0. The summed E-state index contributed by atoms with van der Waals surface area (Å²) in [6.45, 7) is 10.9. The van der Waals surface area contributed by atoms with E-state index in [2.05, 4.69) is 9.80 Å². The molecule has 0 aliphatic carbocycles. The summed E-state index contributed by atoms with van der Waals surface area (Å²) in [5, 5.41) is 0. The maximum absolute atomic E-state index is 13.0. The van der Waals surface area contributed by atoms with E-state index in [1.165, 1.54) is 0 Å². The van der Waals surface area contributed by atoms with Crippen molar-refractivity contribution in [3.63, 3.8) is 0 Å². The van der Waals surface area contributed by atoms with Crippen LogP contribution in [-0.4, -0.2) is 87.1 Å². The molecule has 7 nitrogen and oxygen atoms in total. The summed E-state index contributed by atoms with van der Waals surface area (Å²) in [5.74, 6) is -0.0322. The van der Waals surface area contributed by atoms with Crippen molar-refractivity contribution in [2.75, 3.05) is 64.9 Å². The lowest BCUT2D eigenvalue weighted by Crippen LogP contribution is -2.48. The lowest BCUT2D eigenvalue weighted by atomic mass is 9.87. The second kappa shape index (κ2) is 12.6. The maximum Gasteiger partial charge on any atom is 0.307 e. The van der Waals surface area contributed by atoms with Gasteiger partial charge in [-0.25, -0.2) is 0 Å². The van der Waals surface area contributed by atoms with Crippen LogP contribution in [0, 0.1) is 0 Å². The number of benzene rings is 1. The molecule has 2 rings (SSSR count). The van der Waals surface area contributed by atoms with E-state index in [0.29, 0.717) is 19.6 Å². The Morgan fingerprint density at radius 2 is 1.75 bits per heavy atom. The zero-order valence-electron chi connectivity index (χ0n) is 20.3. The highest BCUT2D eigenvalue weighted by molar-refractivity contribution is 6.03. The maximum atomic E-state index is 13.0. The molecule has 1 unspecified atom stereocenters. The predicted molar refractivity (Wildman–Crippen MR) is 128 cm³/mol. The topological polar surface area (TPSA) is 62.3 Å². The van der Waals surface area contributed by atoms with Gasteiger partial charge < -0.3 is 14.4 Å². The molecule has 32 heavy (non-hydrogen) atoms. The van der Waals surface area contributed by atoms with Crippen molar-refractivity contribution in [2.24, 2.45) is 0 Å².